The number of carbonyl (C=O) groups excluding carboxylic acids is 2. The number of carbonyl (C=O) groups is 2. The van der Waals surface area contributed by atoms with Gasteiger partial charge in [-0.15, -0.1) is 0 Å². The maximum atomic E-state index is 12.2. The summed E-state index contributed by atoms with van der Waals surface area (Å²) in [6.45, 7) is 3.60. The van der Waals surface area contributed by atoms with E-state index in [2.05, 4.69) is 17.2 Å². The maximum Gasteiger partial charge on any atom is 0.329 e. The minimum atomic E-state index is -0.818. The van der Waals surface area contributed by atoms with Gasteiger partial charge in [-0.05, 0) is 23.8 Å². The number of halogens is 1. The zero-order valence-electron chi connectivity index (χ0n) is 13.6. The van der Waals surface area contributed by atoms with Crippen LogP contribution in [0.15, 0.2) is 67.3 Å². The summed E-state index contributed by atoms with van der Waals surface area (Å²) in [5.41, 5.74) is 1.44. The van der Waals surface area contributed by atoms with E-state index in [9.17, 15) is 9.59 Å². The number of rotatable bonds is 7. The summed E-state index contributed by atoms with van der Waals surface area (Å²) >= 11 is 5.89. The van der Waals surface area contributed by atoms with Gasteiger partial charge >= 0.3 is 12.0 Å². The van der Waals surface area contributed by atoms with Gasteiger partial charge in [-0.3, -0.25) is 0 Å². The molecule has 0 aliphatic heterocycles. The Hall–Kier alpha value is -2.79. The van der Waals surface area contributed by atoms with Gasteiger partial charge in [0, 0.05) is 17.1 Å². The number of hydrogen-bond donors (Lipinski definition) is 2. The van der Waals surface area contributed by atoms with E-state index in [0.29, 0.717) is 17.1 Å². The van der Waals surface area contributed by atoms with Gasteiger partial charge in [0.15, 0.2) is 0 Å². The van der Waals surface area contributed by atoms with Crippen molar-refractivity contribution in [2.75, 3.05) is 11.9 Å². The van der Waals surface area contributed by atoms with Crippen molar-refractivity contribution >= 4 is 29.3 Å². The van der Waals surface area contributed by atoms with E-state index in [1.54, 1.807) is 24.3 Å². The van der Waals surface area contributed by atoms with Crippen LogP contribution >= 0.6 is 11.6 Å². The molecule has 2 N–H and O–H groups in total. The third-order valence-electron chi connectivity index (χ3n) is 3.30. The Balaban J connectivity index is 2.04. The van der Waals surface area contributed by atoms with Crippen LogP contribution in [0.1, 0.15) is 5.56 Å². The minimum absolute atomic E-state index is 0.0850. The molecule has 0 saturated carbocycles. The molecule has 130 valence electrons. The summed E-state index contributed by atoms with van der Waals surface area (Å²) in [4.78, 5) is 24.4. The molecule has 0 aliphatic carbocycles. The summed E-state index contributed by atoms with van der Waals surface area (Å²) < 4.78 is 5.08. The van der Waals surface area contributed by atoms with E-state index in [0.717, 1.165) is 5.56 Å². The zero-order chi connectivity index (χ0) is 18.1. The molecule has 2 rings (SSSR count). The summed E-state index contributed by atoms with van der Waals surface area (Å²) in [5, 5.41) is 5.79. The average Bonchev–Trinajstić information content (AvgIpc) is 2.60. The zero-order valence-corrected chi connectivity index (χ0v) is 14.3. The van der Waals surface area contributed by atoms with Crippen LogP contribution in [0, 0.1) is 0 Å². The van der Waals surface area contributed by atoms with Gasteiger partial charge in [-0.1, -0.05) is 60.7 Å². The highest BCUT2D eigenvalue weighted by molar-refractivity contribution is 6.30. The van der Waals surface area contributed by atoms with Crippen molar-refractivity contribution in [1.82, 2.24) is 5.32 Å². The molecule has 2 aromatic carbocycles. The number of urea groups is 1. The van der Waals surface area contributed by atoms with Crippen molar-refractivity contribution in [3.8, 4) is 0 Å². The molecule has 0 aromatic heterocycles. The van der Waals surface area contributed by atoms with Gasteiger partial charge in [-0.25, -0.2) is 9.59 Å². The van der Waals surface area contributed by atoms with E-state index >= 15 is 0 Å². The van der Waals surface area contributed by atoms with Crippen molar-refractivity contribution in [2.45, 2.75) is 12.5 Å². The van der Waals surface area contributed by atoms with Gasteiger partial charge in [0.1, 0.15) is 12.6 Å². The summed E-state index contributed by atoms with van der Waals surface area (Å²) in [5.74, 6) is -0.523. The molecular weight excluding hydrogens is 340 g/mol. The van der Waals surface area contributed by atoms with Crippen LogP contribution in [0.25, 0.3) is 0 Å². The lowest BCUT2D eigenvalue weighted by molar-refractivity contribution is -0.144. The van der Waals surface area contributed by atoms with E-state index < -0.39 is 18.0 Å². The smallest absolute Gasteiger partial charge is 0.329 e. The van der Waals surface area contributed by atoms with E-state index in [1.165, 1.54) is 6.08 Å². The molecule has 2 amide bonds. The molecule has 0 spiro atoms. The number of benzene rings is 2. The standard InChI is InChI=1S/C19H19ClN2O3/c1-2-11-25-18(23)17(12-14-7-4-3-5-8-14)22-19(24)21-16-10-6-9-15(20)13-16/h2-10,13,17H,1,11-12H2,(H2,21,22,24)/t17-/m0/s1. The van der Waals surface area contributed by atoms with E-state index in [-0.39, 0.29) is 6.61 Å². The highest BCUT2D eigenvalue weighted by Gasteiger charge is 2.22. The number of anilines is 1. The summed E-state index contributed by atoms with van der Waals surface area (Å²) in [6, 6.07) is 14.8. The molecule has 2 aromatic rings. The highest BCUT2D eigenvalue weighted by atomic mass is 35.5. The third kappa shape index (κ3) is 6.31. The fraction of sp³-hybridized carbons (Fsp3) is 0.158. The number of ether oxygens (including phenoxy) is 1. The molecule has 1 atom stereocenters. The monoisotopic (exact) mass is 358 g/mol. The topological polar surface area (TPSA) is 67.4 Å². The molecule has 0 bridgehead atoms. The molecular formula is C19H19ClN2O3. The molecule has 5 nitrogen and oxygen atoms in total. The second-order valence-electron chi connectivity index (χ2n) is 5.27. The quantitative estimate of drug-likeness (QED) is 0.584. The molecule has 0 saturated heterocycles. The van der Waals surface area contributed by atoms with Gasteiger partial charge in [0.05, 0.1) is 0 Å². The van der Waals surface area contributed by atoms with Crippen LogP contribution in [0.4, 0.5) is 10.5 Å². The lowest BCUT2D eigenvalue weighted by Crippen LogP contribution is -2.45. The number of hydrogen-bond acceptors (Lipinski definition) is 3. The van der Waals surface area contributed by atoms with E-state index in [1.807, 2.05) is 30.3 Å². The van der Waals surface area contributed by atoms with Gasteiger partial charge in [-0.2, -0.15) is 0 Å². The summed E-state index contributed by atoms with van der Waals surface area (Å²) in [7, 11) is 0. The van der Waals surface area contributed by atoms with Crippen molar-refractivity contribution < 1.29 is 14.3 Å². The van der Waals surface area contributed by atoms with Crippen molar-refractivity contribution in [1.29, 1.82) is 0 Å². The van der Waals surface area contributed by atoms with Crippen LogP contribution < -0.4 is 10.6 Å². The average molecular weight is 359 g/mol. The lowest BCUT2D eigenvalue weighted by atomic mass is 10.1. The Labute approximate surface area is 151 Å². The van der Waals surface area contributed by atoms with Crippen LogP contribution in [-0.2, 0) is 16.0 Å². The lowest BCUT2D eigenvalue weighted by Gasteiger charge is -2.18. The molecule has 0 radical (unpaired) electrons. The second kappa shape index (κ2) is 9.49. The first-order chi connectivity index (χ1) is 12.1. The predicted molar refractivity (Wildman–Crippen MR) is 98.7 cm³/mol. The van der Waals surface area contributed by atoms with Crippen LogP contribution in [0.3, 0.4) is 0 Å². The van der Waals surface area contributed by atoms with Gasteiger partial charge < -0.3 is 15.4 Å². The third-order valence-corrected chi connectivity index (χ3v) is 3.53. The van der Waals surface area contributed by atoms with Crippen LogP contribution in [0.2, 0.25) is 5.02 Å². The Morgan fingerprint density at radius 1 is 1.16 bits per heavy atom. The normalized spacial score (nSPS) is 11.2. The highest BCUT2D eigenvalue weighted by Crippen LogP contribution is 2.15. The van der Waals surface area contributed by atoms with E-state index in [4.69, 9.17) is 16.3 Å². The second-order valence-corrected chi connectivity index (χ2v) is 5.71. The minimum Gasteiger partial charge on any atom is -0.460 e. The molecule has 0 unspecified atom stereocenters. The van der Waals surface area contributed by atoms with Crippen LogP contribution in [-0.4, -0.2) is 24.6 Å². The Bertz CT molecular complexity index is 734. The number of nitrogens with one attached hydrogen (secondary N) is 2. The van der Waals surface area contributed by atoms with Crippen LogP contribution in [0.5, 0.6) is 0 Å². The van der Waals surface area contributed by atoms with Gasteiger partial charge in [0.2, 0.25) is 0 Å². The van der Waals surface area contributed by atoms with Crippen molar-refractivity contribution in [3.63, 3.8) is 0 Å². The first kappa shape index (κ1) is 18.5. The maximum absolute atomic E-state index is 12.2. The van der Waals surface area contributed by atoms with Gasteiger partial charge in [0.25, 0.3) is 0 Å². The Kier molecular flexibility index (Phi) is 7.04. The molecule has 25 heavy (non-hydrogen) atoms. The first-order valence-electron chi connectivity index (χ1n) is 7.73. The number of esters is 1. The Morgan fingerprint density at radius 2 is 1.92 bits per heavy atom. The number of amides is 2. The van der Waals surface area contributed by atoms with Crippen molar-refractivity contribution in [2.24, 2.45) is 0 Å². The SMILES string of the molecule is C=CCOC(=O)[C@H](Cc1ccccc1)NC(=O)Nc1cccc(Cl)c1. The molecule has 6 heteroatoms. The fourth-order valence-electron chi connectivity index (χ4n) is 2.18. The first-order valence-corrected chi connectivity index (χ1v) is 8.11. The molecule has 0 heterocycles. The predicted octanol–water partition coefficient (Wildman–Crippen LogP) is 3.80. The largest absolute Gasteiger partial charge is 0.460 e. The van der Waals surface area contributed by atoms with Crippen molar-refractivity contribution in [3.05, 3.63) is 77.8 Å². The fourth-order valence-corrected chi connectivity index (χ4v) is 2.37. The molecule has 0 fully saturated rings. The Morgan fingerprint density at radius 3 is 2.60 bits per heavy atom. The summed E-state index contributed by atoms with van der Waals surface area (Å²) in [6.07, 6.45) is 1.79. The molecule has 0 aliphatic rings.